The molecule has 1 aliphatic carbocycles. The topological polar surface area (TPSA) is 64.6 Å². The second-order valence-corrected chi connectivity index (χ2v) is 8.66. The Labute approximate surface area is 189 Å². The van der Waals surface area contributed by atoms with Crippen LogP contribution in [0.25, 0.3) is 0 Å². The fraction of sp³-hybridized carbons (Fsp3) is 0.333. The Morgan fingerprint density at radius 1 is 1.00 bits per heavy atom. The van der Waals surface area contributed by atoms with Crippen LogP contribution in [-0.4, -0.2) is 25.0 Å². The van der Waals surface area contributed by atoms with E-state index in [-0.39, 0.29) is 17.8 Å². The van der Waals surface area contributed by atoms with Crippen molar-refractivity contribution in [1.29, 1.82) is 0 Å². The van der Waals surface area contributed by atoms with E-state index < -0.39 is 11.9 Å². The number of methoxy groups -OCH3 is 1. The molecular formula is C27H29NO4. The Hall–Kier alpha value is -3.34. The van der Waals surface area contributed by atoms with Crippen molar-refractivity contribution in [2.45, 2.75) is 51.6 Å². The molecule has 0 bridgehead atoms. The number of carbonyl (C=O) groups excluding carboxylic acids is 2. The van der Waals surface area contributed by atoms with Crippen molar-refractivity contribution in [2.75, 3.05) is 7.11 Å². The molecule has 4 rings (SSSR count). The van der Waals surface area contributed by atoms with Gasteiger partial charge in [-0.05, 0) is 56.4 Å². The third-order valence-corrected chi connectivity index (χ3v) is 6.11. The van der Waals surface area contributed by atoms with Crippen LogP contribution in [0, 0.1) is 0 Å². The number of ether oxygens (including phenoxy) is 2. The fourth-order valence-corrected chi connectivity index (χ4v) is 4.68. The Bertz CT molecular complexity index is 1080. The van der Waals surface area contributed by atoms with Gasteiger partial charge in [-0.3, -0.25) is 4.79 Å². The Balaban J connectivity index is 1.79. The van der Waals surface area contributed by atoms with Crippen LogP contribution >= 0.6 is 0 Å². The molecule has 0 saturated carbocycles. The van der Waals surface area contributed by atoms with Crippen LogP contribution in [0.15, 0.2) is 77.1 Å². The Kier molecular flexibility index (Phi) is 6.17. The molecule has 2 aromatic rings. The van der Waals surface area contributed by atoms with Crippen LogP contribution in [-0.2, 0) is 14.3 Å². The normalized spacial score (nSPS) is 20.7. The molecule has 1 heterocycles. The number of hydrogen-bond donors (Lipinski definition) is 1. The van der Waals surface area contributed by atoms with Gasteiger partial charge in [0.05, 0.1) is 18.8 Å². The molecule has 5 nitrogen and oxygen atoms in total. The lowest BCUT2D eigenvalue weighted by Gasteiger charge is -2.37. The van der Waals surface area contributed by atoms with Crippen LogP contribution in [0.2, 0.25) is 0 Å². The minimum absolute atomic E-state index is 0.0655. The summed E-state index contributed by atoms with van der Waals surface area (Å²) < 4.78 is 10.9. The second-order valence-electron chi connectivity index (χ2n) is 8.66. The fourth-order valence-electron chi connectivity index (χ4n) is 4.68. The summed E-state index contributed by atoms with van der Waals surface area (Å²) >= 11 is 0. The highest BCUT2D eigenvalue weighted by Crippen LogP contribution is 2.45. The van der Waals surface area contributed by atoms with Gasteiger partial charge in [0.2, 0.25) is 0 Å². The van der Waals surface area contributed by atoms with E-state index in [0.29, 0.717) is 17.6 Å². The summed E-state index contributed by atoms with van der Waals surface area (Å²) in [7, 11) is 1.62. The number of allylic oxidation sites excluding steroid dienone is 3. The van der Waals surface area contributed by atoms with E-state index in [1.54, 1.807) is 7.11 Å². The number of benzene rings is 2. The van der Waals surface area contributed by atoms with Gasteiger partial charge in [0.1, 0.15) is 5.75 Å². The number of dihydropyridines is 1. The van der Waals surface area contributed by atoms with Crippen LogP contribution in [0.5, 0.6) is 5.75 Å². The molecule has 166 valence electrons. The second kappa shape index (κ2) is 9.03. The van der Waals surface area contributed by atoms with E-state index in [2.05, 4.69) is 17.4 Å². The summed E-state index contributed by atoms with van der Waals surface area (Å²) in [6, 6.07) is 17.7. The molecule has 32 heavy (non-hydrogen) atoms. The van der Waals surface area contributed by atoms with Crippen LogP contribution in [0.4, 0.5) is 0 Å². The van der Waals surface area contributed by atoms with Crippen molar-refractivity contribution >= 4 is 11.8 Å². The zero-order valence-corrected chi connectivity index (χ0v) is 19.0. The van der Waals surface area contributed by atoms with Crippen LogP contribution < -0.4 is 10.1 Å². The van der Waals surface area contributed by atoms with Gasteiger partial charge in [0, 0.05) is 29.3 Å². The van der Waals surface area contributed by atoms with Gasteiger partial charge in [-0.2, -0.15) is 0 Å². The van der Waals surface area contributed by atoms with Crippen molar-refractivity contribution in [2.24, 2.45) is 0 Å². The quantitative estimate of drug-likeness (QED) is 0.675. The van der Waals surface area contributed by atoms with Gasteiger partial charge < -0.3 is 14.8 Å². The lowest BCUT2D eigenvalue weighted by molar-refractivity contribution is -0.143. The Morgan fingerprint density at radius 2 is 1.69 bits per heavy atom. The van der Waals surface area contributed by atoms with Gasteiger partial charge in [0.25, 0.3) is 0 Å². The summed E-state index contributed by atoms with van der Waals surface area (Å²) in [6.07, 6.45) is 0.892. The predicted molar refractivity (Wildman–Crippen MR) is 123 cm³/mol. The molecule has 0 radical (unpaired) electrons. The number of rotatable bonds is 5. The van der Waals surface area contributed by atoms with Gasteiger partial charge in [-0.1, -0.05) is 42.5 Å². The lowest BCUT2D eigenvalue weighted by Crippen LogP contribution is -2.36. The highest BCUT2D eigenvalue weighted by molar-refractivity contribution is 6.04. The molecule has 0 amide bonds. The number of Topliss-reactive ketones (excluding diaryl/α,β-unsaturated/α-hetero) is 1. The maximum Gasteiger partial charge on any atom is 0.337 e. The summed E-state index contributed by atoms with van der Waals surface area (Å²) in [4.78, 5) is 26.6. The molecule has 2 unspecified atom stereocenters. The van der Waals surface area contributed by atoms with Gasteiger partial charge in [0.15, 0.2) is 5.78 Å². The van der Waals surface area contributed by atoms with Crippen molar-refractivity contribution in [3.8, 4) is 5.75 Å². The molecule has 2 aliphatic rings. The summed E-state index contributed by atoms with van der Waals surface area (Å²) in [5, 5.41) is 3.39. The van der Waals surface area contributed by atoms with E-state index in [4.69, 9.17) is 9.47 Å². The van der Waals surface area contributed by atoms with Gasteiger partial charge >= 0.3 is 5.97 Å². The maximum absolute atomic E-state index is 13.5. The highest BCUT2D eigenvalue weighted by atomic mass is 16.5. The first kappa shape index (κ1) is 21.9. The van der Waals surface area contributed by atoms with E-state index >= 15 is 0 Å². The molecule has 1 N–H and O–H groups in total. The summed E-state index contributed by atoms with van der Waals surface area (Å²) in [5.74, 6) is 0.0465. The van der Waals surface area contributed by atoms with Crippen molar-refractivity contribution in [3.05, 3.63) is 88.3 Å². The highest BCUT2D eigenvalue weighted by Gasteiger charge is 2.41. The number of carbonyl (C=O) groups is 2. The third kappa shape index (κ3) is 4.20. The largest absolute Gasteiger partial charge is 0.497 e. The van der Waals surface area contributed by atoms with Crippen molar-refractivity contribution in [1.82, 2.24) is 5.32 Å². The molecule has 0 saturated heterocycles. The summed E-state index contributed by atoms with van der Waals surface area (Å²) in [5.41, 5.74) is 4.83. The number of esters is 1. The van der Waals surface area contributed by atoms with Crippen molar-refractivity contribution in [3.63, 3.8) is 0 Å². The van der Waals surface area contributed by atoms with Crippen LogP contribution in [0.1, 0.15) is 56.6 Å². The smallest absolute Gasteiger partial charge is 0.337 e. The van der Waals surface area contributed by atoms with Gasteiger partial charge in [-0.15, -0.1) is 0 Å². The van der Waals surface area contributed by atoms with E-state index in [1.807, 2.05) is 63.2 Å². The number of hydrogen-bond acceptors (Lipinski definition) is 5. The van der Waals surface area contributed by atoms with Crippen LogP contribution in [0.3, 0.4) is 0 Å². The van der Waals surface area contributed by atoms with E-state index in [9.17, 15) is 9.59 Å². The molecule has 2 aromatic carbocycles. The number of nitrogens with one attached hydrogen (secondary N) is 1. The average Bonchev–Trinajstić information content (AvgIpc) is 2.78. The first-order valence-electron chi connectivity index (χ1n) is 11.0. The average molecular weight is 432 g/mol. The predicted octanol–water partition coefficient (Wildman–Crippen LogP) is 5.01. The molecular weight excluding hydrogens is 402 g/mol. The standard InChI is InChI=1S/C27H29NO4/c1-16(2)32-27(30)24-17(3)28-22-14-20(18-8-6-5-7-9-18)15-23(29)26(22)25(24)19-10-12-21(31-4)13-11-19/h5-13,16,20,25,28H,14-15H2,1-4H3. The first-order valence-corrected chi connectivity index (χ1v) is 11.0. The maximum atomic E-state index is 13.5. The van der Waals surface area contributed by atoms with E-state index in [0.717, 1.165) is 34.7 Å². The molecule has 0 aromatic heterocycles. The minimum atomic E-state index is -0.465. The third-order valence-electron chi connectivity index (χ3n) is 6.11. The minimum Gasteiger partial charge on any atom is -0.497 e. The zero-order chi connectivity index (χ0) is 22.8. The zero-order valence-electron chi connectivity index (χ0n) is 19.0. The molecule has 2 atom stereocenters. The van der Waals surface area contributed by atoms with Crippen molar-refractivity contribution < 1.29 is 19.1 Å². The SMILES string of the molecule is COc1ccc(C2C(C(=O)OC(C)C)=C(C)NC3=C2C(=O)CC(c2ccccc2)C3)cc1. The molecule has 5 heteroatoms. The number of ketones is 1. The molecule has 0 fully saturated rings. The van der Waals surface area contributed by atoms with Gasteiger partial charge in [-0.25, -0.2) is 4.79 Å². The lowest BCUT2D eigenvalue weighted by atomic mass is 9.71. The summed E-state index contributed by atoms with van der Waals surface area (Å²) in [6.45, 7) is 5.54. The monoisotopic (exact) mass is 431 g/mol. The Morgan fingerprint density at radius 3 is 2.31 bits per heavy atom. The van der Waals surface area contributed by atoms with E-state index in [1.165, 1.54) is 0 Å². The molecule has 0 spiro atoms. The first-order chi connectivity index (χ1) is 15.4. The molecule has 1 aliphatic heterocycles.